The molecule has 2 aromatic carbocycles. The monoisotopic (exact) mass is 321 g/mol. The summed E-state index contributed by atoms with van der Waals surface area (Å²) in [5.41, 5.74) is 4.10. The lowest BCUT2D eigenvalue weighted by atomic mass is 10.3. The number of benzene rings is 2. The fraction of sp³-hybridized carbons (Fsp3) is 0.167. The van der Waals surface area contributed by atoms with Crippen LogP contribution in [0.5, 0.6) is 0 Å². The summed E-state index contributed by atoms with van der Waals surface area (Å²) in [6, 6.07) is 12.3. The number of para-hydroxylation sites is 2. The molecule has 4 aromatic rings. The summed E-state index contributed by atoms with van der Waals surface area (Å²) in [4.78, 5) is 16.8. The Kier molecular flexibility index (Phi) is 3.57. The minimum absolute atomic E-state index is 0.266. The van der Waals surface area contributed by atoms with Crippen molar-refractivity contribution >= 4 is 27.9 Å². The van der Waals surface area contributed by atoms with Crippen LogP contribution in [0.25, 0.3) is 22.1 Å². The van der Waals surface area contributed by atoms with Gasteiger partial charge in [-0.1, -0.05) is 12.1 Å². The van der Waals surface area contributed by atoms with Gasteiger partial charge in [0.25, 0.3) is 0 Å². The van der Waals surface area contributed by atoms with Crippen LogP contribution in [0.2, 0.25) is 0 Å². The number of H-pyrrole nitrogens is 1. The number of anilines is 1. The van der Waals surface area contributed by atoms with Crippen molar-refractivity contribution in [3.05, 3.63) is 59.8 Å². The number of imidazole rings is 1. The molecule has 0 amide bonds. The summed E-state index contributed by atoms with van der Waals surface area (Å²) in [6.45, 7) is 2.60. The molecule has 0 radical (unpaired) electrons. The molecule has 0 aliphatic carbocycles. The van der Waals surface area contributed by atoms with Crippen LogP contribution < -0.4 is 5.32 Å². The van der Waals surface area contributed by atoms with Crippen molar-refractivity contribution in [3.8, 4) is 0 Å². The lowest BCUT2D eigenvalue weighted by molar-refractivity contribution is 0.629. The smallest absolute Gasteiger partial charge is 0.148 e. The molecule has 6 heteroatoms. The van der Waals surface area contributed by atoms with E-state index in [0.717, 1.165) is 33.9 Å². The topological polar surface area (TPSA) is 66.5 Å². The van der Waals surface area contributed by atoms with Gasteiger partial charge >= 0.3 is 0 Å². The first-order chi connectivity index (χ1) is 11.7. The number of nitrogens with one attached hydrogen (secondary N) is 2. The van der Waals surface area contributed by atoms with Gasteiger partial charge in [0.15, 0.2) is 0 Å². The minimum Gasteiger partial charge on any atom is -0.368 e. The molecule has 2 N–H and O–H groups in total. The predicted octanol–water partition coefficient (Wildman–Crippen LogP) is 3.61. The fourth-order valence-corrected chi connectivity index (χ4v) is 2.71. The lowest BCUT2D eigenvalue weighted by Gasteiger charge is -2.08. The fourth-order valence-electron chi connectivity index (χ4n) is 2.71. The molecule has 0 saturated carbocycles. The maximum Gasteiger partial charge on any atom is 0.148 e. The van der Waals surface area contributed by atoms with E-state index >= 15 is 0 Å². The average molecular weight is 321 g/mol. The van der Waals surface area contributed by atoms with Crippen molar-refractivity contribution in [1.29, 1.82) is 0 Å². The molecular formula is C18H16FN5. The Morgan fingerprint density at radius 3 is 2.62 bits per heavy atom. The van der Waals surface area contributed by atoms with Crippen molar-refractivity contribution in [2.45, 2.75) is 13.3 Å². The molecule has 2 heterocycles. The van der Waals surface area contributed by atoms with E-state index in [1.807, 2.05) is 31.2 Å². The number of halogens is 1. The summed E-state index contributed by atoms with van der Waals surface area (Å²) in [5.74, 6) is 1.32. The van der Waals surface area contributed by atoms with Crippen molar-refractivity contribution in [2.24, 2.45) is 0 Å². The minimum atomic E-state index is -0.266. The van der Waals surface area contributed by atoms with Gasteiger partial charge in [-0.3, -0.25) is 0 Å². The highest BCUT2D eigenvalue weighted by atomic mass is 19.1. The second-order valence-electron chi connectivity index (χ2n) is 5.67. The summed E-state index contributed by atoms with van der Waals surface area (Å²) in [5, 5.41) is 3.30. The molecule has 0 unspecified atom stereocenters. The molecule has 0 saturated heterocycles. The van der Waals surface area contributed by atoms with Gasteiger partial charge in [0.1, 0.15) is 17.5 Å². The maximum atomic E-state index is 13.2. The normalized spacial score (nSPS) is 11.2. The van der Waals surface area contributed by atoms with Gasteiger partial charge in [0.05, 0.1) is 27.8 Å². The number of aryl methyl sites for hydroxylation is 1. The zero-order valence-electron chi connectivity index (χ0n) is 13.2. The predicted molar refractivity (Wildman–Crippen MR) is 92.5 cm³/mol. The zero-order chi connectivity index (χ0) is 16.5. The standard InChI is InChI=1S/C18H16FN5/c1-11-18(24-14-5-3-2-4-13(14)21-11)20-9-8-17-22-15-7-6-12(19)10-16(15)23-17/h2-7,10H,8-9H2,1H3,(H,20,24)(H,22,23). The number of nitrogens with zero attached hydrogens (tertiary/aromatic N) is 3. The third-order valence-electron chi connectivity index (χ3n) is 3.89. The first-order valence-electron chi connectivity index (χ1n) is 7.80. The molecule has 0 fully saturated rings. The number of aromatic nitrogens is 4. The van der Waals surface area contributed by atoms with Crippen molar-refractivity contribution < 1.29 is 4.39 Å². The van der Waals surface area contributed by atoms with E-state index < -0.39 is 0 Å². The van der Waals surface area contributed by atoms with Gasteiger partial charge in [-0.2, -0.15) is 0 Å². The van der Waals surface area contributed by atoms with Crippen LogP contribution >= 0.6 is 0 Å². The maximum absolute atomic E-state index is 13.2. The van der Waals surface area contributed by atoms with Gasteiger partial charge < -0.3 is 10.3 Å². The third kappa shape index (κ3) is 2.78. The molecule has 0 aliphatic rings. The summed E-state index contributed by atoms with van der Waals surface area (Å²) >= 11 is 0. The number of fused-ring (bicyclic) bond motifs is 2. The molecule has 4 rings (SSSR count). The largest absolute Gasteiger partial charge is 0.368 e. The van der Waals surface area contributed by atoms with Gasteiger partial charge in [0, 0.05) is 13.0 Å². The Morgan fingerprint density at radius 1 is 1.00 bits per heavy atom. The van der Waals surface area contributed by atoms with E-state index in [4.69, 9.17) is 0 Å². The molecule has 5 nitrogen and oxygen atoms in total. The number of hydrogen-bond donors (Lipinski definition) is 2. The van der Waals surface area contributed by atoms with Crippen LogP contribution in [0, 0.1) is 12.7 Å². The molecule has 0 aliphatic heterocycles. The highest BCUT2D eigenvalue weighted by Gasteiger charge is 2.06. The van der Waals surface area contributed by atoms with Crippen molar-refractivity contribution in [3.63, 3.8) is 0 Å². The molecule has 24 heavy (non-hydrogen) atoms. The number of hydrogen-bond acceptors (Lipinski definition) is 4. The first kappa shape index (κ1) is 14.6. The third-order valence-corrected chi connectivity index (χ3v) is 3.89. The SMILES string of the molecule is Cc1nc2ccccc2nc1NCCc1nc2ccc(F)cc2[nH]1. The van der Waals surface area contributed by atoms with Crippen LogP contribution in [-0.2, 0) is 6.42 Å². The second kappa shape index (κ2) is 5.88. The van der Waals surface area contributed by atoms with E-state index in [1.54, 1.807) is 6.07 Å². The number of rotatable bonds is 4. The summed E-state index contributed by atoms with van der Waals surface area (Å²) in [7, 11) is 0. The van der Waals surface area contributed by atoms with E-state index in [-0.39, 0.29) is 5.82 Å². The van der Waals surface area contributed by atoms with Crippen LogP contribution in [0.15, 0.2) is 42.5 Å². The molecule has 2 aromatic heterocycles. The molecule has 0 spiro atoms. The molecule has 0 bridgehead atoms. The highest BCUT2D eigenvalue weighted by Crippen LogP contribution is 2.16. The van der Waals surface area contributed by atoms with Crippen LogP contribution in [0.4, 0.5) is 10.2 Å². The second-order valence-corrected chi connectivity index (χ2v) is 5.67. The Bertz CT molecular complexity index is 1020. The van der Waals surface area contributed by atoms with Crippen molar-refractivity contribution in [2.75, 3.05) is 11.9 Å². The Morgan fingerprint density at radius 2 is 1.79 bits per heavy atom. The Labute approximate surface area is 138 Å². The van der Waals surface area contributed by atoms with Crippen LogP contribution in [0.3, 0.4) is 0 Å². The summed E-state index contributed by atoms with van der Waals surface area (Å²) in [6.07, 6.45) is 0.685. The van der Waals surface area contributed by atoms with Gasteiger partial charge in [-0.05, 0) is 37.3 Å². The van der Waals surface area contributed by atoms with Crippen LogP contribution in [0.1, 0.15) is 11.5 Å². The van der Waals surface area contributed by atoms with E-state index in [0.29, 0.717) is 18.5 Å². The Balaban J connectivity index is 1.49. The molecule has 0 atom stereocenters. The van der Waals surface area contributed by atoms with Gasteiger partial charge in [0.2, 0.25) is 0 Å². The zero-order valence-corrected chi connectivity index (χ0v) is 13.2. The van der Waals surface area contributed by atoms with Gasteiger partial charge in [-0.15, -0.1) is 0 Å². The van der Waals surface area contributed by atoms with E-state index in [1.165, 1.54) is 12.1 Å². The highest BCUT2D eigenvalue weighted by molar-refractivity contribution is 5.76. The first-order valence-corrected chi connectivity index (χ1v) is 7.80. The average Bonchev–Trinajstić information content (AvgIpc) is 2.97. The quantitative estimate of drug-likeness (QED) is 0.602. The van der Waals surface area contributed by atoms with E-state index in [9.17, 15) is 4.39 Å². The number of aromatic amines is 1. The van der Waals surface area contributed by atoms with Gasteiger partial charge in [-0.25, -0.2) is 19.3 Å². The van der Waals surface area contributed by atoms with Crippen LogP contribution in [-0.4, -0.2) is 26.5 Å². The lowest BCUT2D eigenvalue weighted by Crippen LogP contribution is -2.09. The summed E-state index contributed by atoms with van der Waals surface area (Å²) < 4.78 is 13.2. The Hall–Kier alpha value is -3.02. The van der Waals surface area contributed by atoms with Crippen molar-refractivity contribution in [1.82, 2.24) is 19.9 Å². The molecule has 120 valence electrons. The molecular weight excluding hydrogens is 305 g/mol. The van der Waals surface area contributed by atoms with E-state index in [2.05, 4.69) is 25.3 Å².